The van der Waals surface area contributed by atoms with Crippen molar-refractivity contribution in [3.8, 4) is 0 Å². The number of halogens is 4. The summed E-state index contributed by atoms with van der Waals surface area (Å²) in [6.45, 7) is 5.33. The largest absolute Gasteiger partial charge is 0.396 e. The topological polar surface area (TPSA) is 50.4 Å². The van der Waals surface area contributed by atoms with Gasteiger partial charge in [-0.2, -0.15) is 13.2 Å². The second kappa shape index (κ2) is 5.19. The standard InChI is InChI=1S/C10H18F3N3.HI/c1-8(2,3)16-7(14)15-6-9(4-5-9)10(11,12)13;/h4-6H2,1-3H3,(H3,14,15,16);1H. The van der Waals surface area contributed by atoms with Gasteiger partial charge in [0.15, 0.2) is 5.96 Å². The molecule has 1 fully saturated rings. The fourth-order valence-corrected chi connectivity index (χ4v) is 1.34. The third kappa shape index (κ3) is 4.89. The van der Waals surface area contributed by atoms with Crippen molar-refractivity contribution in [2.75, 3.05) is 6.54 Å². The zero-order chi connectivity index (χ0) is 12.6. The summed E-state index contributed by atoms with van der Waals surface area (Å²) in [5, 5.41) is 2.83. The van der Waals surface area contributed by atoms with E-state index in [4.69, 9.17) is 5.73 Å². The van der Waals surface area contributed by atoms with E-state index in [1.54, 1.807) is 0 Å². The summed E-state index contributed by atoms with van der Waals surface area (Å²) in [5.41, 5.74) is 3.61. The summed E-state index contributed by atoms with van der Waals surface area (Å²) >= 11 is 0. The molecule has 1 aliphatic rings. The van der Waals surface area contributed by atoms with E-state index in [1.807, 2.05) is 20.8 Å². The fraction of sp³-hybridized carbons (Fsp3) is 0.900. The molecular formula is C10H19F3IN3. The van der Waals surface area contributed by atoms with Gasteiger partial charge in [-0.05, 0) is 33.6 Å². The van der Waals surface area contributed by atoms with Crippen LogP contribution in [0.5, 0.6) is 0 Å². The second-order valence-corrected chi connectivity index (χ2v) is 5.35. The predicted molar refractivity (Wildman–Crippen MR) is 72.5 cm³/mol. The summed E-state index contributed by atoms with van der Waals surface area (Å²) in [7, 11) is 0. The van der Waals surface area contributed by atoms with Crippen molar-refractivity contribution in [3.63, 3.8) is 0 Å². The van der Waals surface area contributed by atoms with Gasteiger partial charge < -0.3 is 11.1 Å². The zero-order valence-corrected chi connectivity index (χ0v) is 12.5. The Hall–Kier alpha value is -0.210. The van der Waals surface area contributed by atoms with Crippen molar-refractivity contribution in [3.05, 3.63) is 0 Å². The number of nitrogens with zero attached hydrogens (tertiary/aromatic N) is 1. The van der Waals surface area contributed by atoms with E-state index in [9.17, 15) is 13.2 Å². The number of nitrogens with two attached hydrogens (primary N) is 1. The van der Waals surface area contributed by atoms with Crippen LogP contribution in [0.3, 0.4) is 0 Å². The Balaban J connectivity index is 0.00000256. The number of guanidine groups is 1. The van der Waals surface area contributed by atoms with Crippen LogP contribution in [0.2, 0.25) is 0 Å². The summed E-state index contributed by atoms with van der Waals surface area (Å²) in [4.78, 5) is 3.77. The minimum atomic E-state index is -4.17. The molecule has 3 N–H and O–H groups in total. The first kappa shape index (κ1) is 16.8. The van der Waals surface area contributed by atoms with Crippen LogP contribution in [0.15, 0.2) is 4.99 Å². The molecule has 7 heteroatoms. The number of nitrogens with one attached hydrogen (secondary N) is 1. The van der Waals surface area contributed by atoms with E-state index < -0.39 is 11.6 Å². The normalized spacial score (nSPS) is 19.5. The maximum absolute atomic E-state index is 12.6. The van der Waals surface area contributed by atoms with Gasteiger partial charge in [0.2, 0.25) is 0 Å². The molecule has 3 nitrogen and oxygen atoms in total. The van der Waals surface area contributed by atoms with Crippen LogP contribution in [0.4, 0.5) is 13.2 Å². The van der Waals surface area contributed by atoms with E-state index in [0.717, 1.165) is 0 Å². The molecule has 0 unspecified atom stereocenters. The van der Waals surface area contributed by atoms with Gasteiger partial charge in [-0.15, -0.1) is 24.0 Å². The van der Waals surface area contributed by atoms with Gasteiger partial charge in [-0.25, -0.2) is 0 Å². The molecule has 0 atom stereocenters. The zero-order valence-electron chi connectivity index (χ0n) is 10.2. The monoisotopic (exact) mass is 365 g/mol. The minimum Gasteiger partial charge on any atom is -0.370 e. The number of rotatable bonds is 2. The third-order valence-electron chi connectivity index (χ3n) is 2.51. The molecular weight excluding hydrogens is 346 g/mol. The average molecular weight is 365 g/mol. The summed E-state index contributed by atoms with van der Waals surface area (Å²) in [5.74, 6) is 0.0722. The highest BCUT2D eigenvalue weighted by Gasteiger charge is 2.63. The predicted octanol–water partition coefficient (Wildman–Crippen LogP) is 2.65. The van der Waals surface area contributed by atoms with Crippen LogP contribution in [-0.2, 0) is 0 Å². The van der Waals surface area contributed by atoms with Gasteiger partial charge >= 0.3 is 6.18 Å². The molecule has 102 valence electrons. The summed E-state index contributed by atoms with van der Waals surface area (Å²) in [6, 6.07) is 0. The molecule has 0 heterocycles. The van der Waals surface area contributed by atoms with Crippen LogP contribution in [0, 0.1) is 5.41 Å². The van der Waals surface area contributed by atoms with E-state index in [1.165, 1.54) is 0 Å². The van der Waals surface area contributed by atoms with Crippen LogP contribution in [0.25, 0.3) is 0 Å². The highest BCUT2D eigenvalue weighted by Crippen LogP contribution is 2.57. The highest BCUT2D eigenvalue weighted by atomic mass is 127. The van der Waals surface area contributed by atoms with Gasteiger partial charge in [0.05, 0.1) is 12.0 Å². The maximum Gasteiger partial charge on any atom is 0.396 e. The number of hydrogen-bond acceptors (Lipinski definition) is 1. The van der Waals surface area contributed by atoms with Gasteiger partial charge in [0, 0.05) is 5.54 Å². The molecule has 0 bridgehead atoms. The lowest BCUT2D eigenvalue weighted by molar-refractivity contribution is -0.183. The van der Waals surface area contributed by atoms with E-state index >= 15 is 0 Å². The van der Waals surface area contributed by atoms with Crippen molar-refractivity contribution in [2.24, 2.45) is 16.1 Å². The molecule has 0 aliphatic heterocycles. The first-order chi connectivity index (χ1) is 7.06. The van der Waals surface area contributed by atoms with Crippen LogP contribution in [-0.4, -0.2) is 24.2 Å². The first-order valence-corrected chi connectivity index (χ1v) is 5.21. The molecule has 1 rings (SSSR count). The van der Waals surface area contributed by atoms with Crippen LogP contribution < -0.4 is 11.1 Å². The van der Waals surface area contributed by atoms with Gasteiger partial charge in [-0.3, -0.25) is 4.99 Å². The first-order valence-electron chi connectivity index (χ1n) is 5.21. The molecule has 0 aromatic heterocycles. The van der Waals surface area contributed by atoms with Crippen molar-refractivity contribution in [2.45, 2.75) is 45.3 Å². The molecule has 0 spiro atoms. The van der Waals surface area contributed by atoms with Crippen molar-refractivity contribution in [1.82, 2.24) is 5.32 Å². The number of alkyl halides is 3. The number of hydrogen-bond donors (Lipinski definition) is 2. The average Bonchev–Trinajstić information content (AvgIpc) is 2.75. The molecule has 0 saturated heterocycles. The Labute approximate surface area is 116 Å². The van der Waals surface area contributed by atoms with E-state index in [2.05, 4.69) is 10.3 Å². The Bertz CT molecular complexity index is 290. The maximum atomic E-state index is 12.6. The van der Waals surface area contributed by atoms with Gasteiger partial charge in [0.1, 0.15) is 0 Å². The summed E-state index contributed by atoms with van der Waals surface area (Å²) < 4.78 is 37.7. The highest BCUT2D eigenvalue weighted by molar-refractivity contribution is 14.0. The quantitative estimate of drug-likeness (QED) is 0.449. The van der Waals surface area contributed by atoms with Gasteiger partial charge in [0.25, 0.3) is 0 Å². The van der Waals surface area contributed by atoms with Crippen LogP contribution >= 0.6 is 24.0 Å². The Kier molecular flexibility index (Phi) is 5.13. The minimum absolute atomic E-state index is 0. The molecule has 0 radical (unpaired) electrons. The molecule has 17 heavy (non-hydrogen) atoms. The molecule has 1 aliphatic carbocycles. The smallest absolute Gasteiger partial charge is 0.370 e. The van der Waals surface area contributed by atoms with Crippen LogP contribution in [0.1, 0.15) is 33.6 Å². The van der Waals surface area contributed by atoms with Gasteiger partial charge in [-0.1, -0.05) is 0 Å². The molecule has 0 aromatic rings. The molecule has 1 saturated carbocycles. The summed E-state index contributed by atoms with van der Waals surface area (Å²) in [6.07, 6.45) is -3.86. The molecule has 0 aromatic carbocycles. The van der Waals surface area contributed by atoms with E-state index in [-0.39, 0.29) is 54.9 Å². The third-order valence-corrected chi connectivity index (χ3v) is 2.51. The lowest BCUT2D eigenvalue weighted by Gasteiger charge is -2.22. The Morgan fingerprint density at radius 1 is 1.29 bits per heavy atom. The second-order valence-electron chi connectivity index (χ2n) is 5.35. The Morgan fingerprint density at radius 2 is 1.76 bits per heavy atom. The lowest BCUT2D eigenvalue weighted by atomic mass is 10.1. The lowest BCUT2D eigenvalue weighted by Crippen LogP contribution is -2.45. The Morgan fingerprint density at radius 3 is 2.06 bits per heavy atom. The SMILES string of the molecule is CC(C)(C)NC(N)=NCC1(C(F)(F)F)CC1.I. The number of aliphatic imine (C=N–C) groups is 1. The van der Waals surface area contributed by atoms with Crippen molar-refractivity contribution >= 4 is 29.9 Å². The fourth-order valence-electron chi connectivity index (χ4n) is 1.34. The van der Waals surface area contributed by atoms with Crippen molar-refractivity contribution < 1.29 is 13.2 Å². The van der Waals surface area contributed by atoms with E-state index in [0.29, 0.717) is 0 Å². The molecule has 0 amide bonds. The van der Waals surface area contributed by atoms with Crippen molar-refractivity contribution in [1.29, 1.82) is 0 Å².